The van der Waals surface area contributed by atoms with Gasteiger partial charge < -0.3 is 5.11 Å². The zero-order valence-corrected chi connectivity index (χ0v) is 14.9. The first-order valence-electron chi connectivity index (χ1n) is 7.78. The predicted molar refractivity (Wildman–Crippen MR) is 104 cm³/mol. The Balaban J connectivity index is 0.000000471. The zero-order valence-electron chi connectivity index (χ0n) is 14.0. The van der Waals surface area contributed by atoms with Crippen LogP contribution >= 0.6 is 7.26 Å². The molecular formula is C21H22O2P+. The van der Waals surface area contributed by atoms with Gasteiger partial charge in [-0.1, -0.05) is 54.6 Å². The molecule has 0 heterocycles. The first-order chi connectivity index (χ1) is 11.5. The van der Waals surface area contributed by atoms with Crippen molar-refractivity contribution in [3.8, 4) is 0 Å². The van der Waals surface area contributed by atoms with Crippen molar-refractivity contribution in [2.75, 3.05) is 6.66 Å². The summed E-state index contributed by atoms with van der Waals surface area (Å²) in [6.07, 6.45) is 0. The summed E-state index contributed by atoms with van der Waals surface area (Å²) in [6, 6.07) is 32.6. The van der Waals surface area contributed by atoms with Crippen molar-refractivity contribution in [2.24, 2.45) is 0 Å². The van der Waals surface area contributed by atoms with Crippen LogP contribution in [0.15, 0.2) is 91.0 Å². The van der Waals surface area contributed by atoms with Gasteiger partial charge in [-0.05, 0) is 36.4 Å². The molecule has 0 bridgehead atoms. The molecule has 0 fully saturated rings. The second-order valence-corrected chi connectivity index (χ2v) is 9.09. The molecule has 3 aromatic rings. The first-order valence-corrected chi connectivity index (χ1v) is 10.0. The van der Waals surface area contributed by atoms with Gasteiger partial charge in [0.15, 0.2) is 0 Å². The van der Waals surface area contributed by atoms with Gasteiger partial charge in [0, 0.05) is 6.92 Å². The van der Waals surface area contributed by atoms with Crippen LogP contribution in [-0.2, 0) is 4.79 Å². The Morgan fingerprint density at radius 3 is 1.08 bits per heavy atom. The van der Waals surface area contributed by atoms with E-state index in [4.69, 9.17) is 9.90 Å². The van der Waals surface area contributed by atoms with E-state index in [-0.39, 0.29) is 0 Å². The molecule has 3 rings (SSSR count). The fourth-order valence-corrected chi connectivity index (χ4v) is 5.83. The van der Waals surface area contributed by atoms with E-state index in [1.165, 1.54) is 15.9 Å². The number of carbonyl (C=O) groups is 1. The maximum atomic E-state index is 9.00. The predicted octanol–water partition coefficient (Wildman–Crippen LogP) is 3.70. The highest BCUT2D eigenvalue weighted by Crippen LogP contribution is 2.51. The molecule has 0 aliphatic carbocycles. The van der Waals surface area contributed by atoms with Crippen LogP contribution in [0.5, 0.6) is 0 Å². The van der Waals surface area contributed by atoms with Gasteiger partial charge in [-0.2, -0.15) is 0 Å². The van der Waals surface area contributed by atoms with E-state index >= 15 is 0 Å². The molecular weight excluding hydrogens is 315 g/mol. The number of carboxylic acids is 1. The molecule has 0 amide bonds. The van der Waals surface area contributed by atoms with Crippen LogP contribution in [0.4, 0.5) is 0 Å². The van der Waals surface area contributed by atoms with Crippen molar-refractivity contribution < 1.29 is 9.90 Å². The molecule has 0 aliphatic rings. The Morgan fingerprint density at radius 2 is 0.875 bits per heavy atom. The minimum absolute atomic E-state index is 0.833. The van der Waals surface area contributed by atoms with Crippen LogP contribution in [0, 0.1) is 0 Å². The largest absolute Gasteiger partial charge is 0.481 e. The average molecular weight is 337 g/mol. The zero-order chi connectivity index (χ0) is 17.4. The second kappa shape index (κ2) is 8.42. The lowest BCUT2D eigenvalue weighted by Gasteiger charge is -2.22. The fraction of sp³-hybridized carbons (Fsp3) is 0.0952. The third kappa shape index (κ3) is 4.31. The Labute approximate surface area is 144 Å². The molecule has 3 aromatic carbocycles. The number of rotatable bonds is 3. The van der Waals surface area contributed by atoms with Crippen molar-refractivity contribution in [2.45, 2.75) is 6.92 Å². The fourth-order valence-electron chi connectivity index (χ4n) is 2.63. The molecule has 0 spiro atoms. The number of hydrogen-bond acceptors (Lipinski definition) is 1. The average Bonchev–Trinajstić information content (AvgIpc) is 2.63. The molecule has 24 heavy (non-hydrogen) atoms. The summed E-state index contributed by atoms with van der Waals surface area (Å²) >= 11 is 0. The molecule has 1 N–H and O–H groups in total. The smallest absolute Gasteiger partial charge is 0.300 e. The van der Waals surface area contributed by atoms with Gasteiger partial charge in [0.1, 0.15) is 23.2 Å². The lowest BCUT2D eigenvalue weighted by Crippen LogP contribution is -2.30. The molecule has 0 unspecified atom stereocenters. The van der Waals surface area contributed by atoms with Crippen LogP contribution in [0.2, 0.25) is 0 Å². The van der Waals surface area contributed by atoms with E-state index in [9.17, 15) is 0 Å². The molecule has 0 saturated heterocycles. The van der Waals surface area contributed by atoms with Gasteiger partial charge in [-0.15, -0.1) is 0 Å². The van der Waals surface area contributed by atoms with E-state index in [1.54, 1.807) is 0 Å². The highest BCUT2D eigenvalue weighted by atomic mass is 31.2. The van der Waals surface area contributed by atoms with Crippen LogP contribution < -0.4 is 15.9 Å². The highest BCUT2D eigenvalue weighted by molar-refractivity contribution is 7.95. The molecule has 0 radical (unpaired) electrons. The molecule has 3 heteroatoms. The number of aliphatic carboxylic acids is 1. The summed E-state index contributed by atoms with van der Waals surface area (Å²) in [4.78, 5) is 9.00. The van der Waals surface area contributed by atoms with Gasteiger partial charge in [-0.3, -0.25) is 4.79 Å². The SMILES string of the molecule is CC(=O)O.C[P+](c1ccccc1)(c1ccccc1)c1ccccc1. The van der Waals surface area contributed by atoms with Gasteiger partial charge in [0.2, 0.25) is 0 Å². The summed E-state index contributed by atoms with van der Waals surface area (Å²) in [5.74, 6) is -0.833. The summed E-state index contributed by atoms with van der Waals surface area (Å²) < 4.78 is 0. The summed E-state index contributed by atoms with van der Waals surface area (Å²) in [7, 11) is -1.53. The monoisotopic (exact) mass is 337 g/mol. The maximum absolute atomic E-state index is 9.00. The second-order valence-electron chi connectivity index (χ2n) is 5.53. The highest BCUT2D eigenvalue weighted by Gasteiger charge is 2.39. The molecule has 0 aromatic heterocycles. The van der Waals surface area contributed by atoms with Crippen LogP contribution in [0.1, 0.15) is 6.92 Å². The summed E-state index contributed by atoms with van der Waals surface area (Å²) in [5, 5.41) is 11.7. The number of benzene rings is 3. The lowest BCUT2D eigenvalue weighted by atomic mass is 10.4. The van der Waals surface area contributed by atoms with E-state index in [2.05, 4.69) is 97.7 Å². The number of carboxylic acid groups (broad SMARTS) is 1. The van der Waals surface area contributed by atoms with Crippen molar-refractivity contribution in [1.29, 1.82) is 0 Å². The summed E-state index contributed by atoms with van der Waals surface area (Å²) in [6.45, 7) is 3.49. The van der Waals surface area contributed by atoms with Gasteiger partial charge in [0.05, 0.1) is 6.66 Å². The van der Waals surface area contributed by atoms with Crippen molar-refractivity contribution in [3.63, 3.8) is 0 Å². The molecule has 122 valence electrons. The van der Waals surface area contributed by atoms with Gasteiger partial charge in [-0.25, -0.2) is 0 Å². The van der Waals surface area contributed by atoms with Gasteiger partial charge in [0.25, 0.3) is 5.97 Å². The van der Waals surface area contributed by atoms with Crippen LogP contribution in [0.3, 0.4) is 0 Å². The van der Waals surface area contributed by atoms with E-state index in [1.807, 2.05) is 0 Å². The molecule has 2 nitrogen and oxygen atoms in total. The van der Waals surface area contributed by atoms with Crippen molar-refractivity contribution in [1.82, 2.24) is 0 Å². The van der Waals surface area contributed by atoms with Gasteiger partial charge >= 0.3 is 0 Å². The molecule has 0 aliphatic heterocycles. The minimum atomic E-state index is -1.53. The Bertz CT molecular complexity index is 655. The summed E-state index contributed by atoms with van der Waals surface area (Å²) in [5.41, 5.74) is 0. The Morgan fingerprint density at radius 1 is 0.667 bits per heavy atom. The maximum Gasteiger partial charge on any atom is 0.300 e. The van der Waals surface area contributed by atoms with Crippen LogP contribution in [0.25, 0.3) is 0 Å². The Hall–Kier alpha value is -2.44. The quantitative estimate of drug-likeness (QED) is 0.740. The topological polar surface area (TPSA) is 37.3 Å². The van der Waals surface area contributed by atoms with E-state index in [0.29, 0.717) is 0 Å². The van der Waals surface area contributed by atoms with Crippen molar-refractivity contribution >= 4 is 29.1 Å². The third-order valence-corrected chi connectivity index (χ3v) is 7.81. The Kier molecular flexibility index (Phi) is 6.28. The first kappa shape index (κ1) is 17.9. The minimum Gasteiger partial charge on any atom is -0.481 e. The van der Waals surface area contributed by atoms with Crippen LogP contribution in [-0.4, -0.2) is 17.7 Å². The molecule has 0 atom stereocenters. The van der Waals surface area contributed by atoms with E-state index < -0.39 is 13.2 Å². The standard InChI is InChI=1S/C19H18P.C2H4O2/c1-20(17-11-5-2-6-12-17,18-13-7-3-8-14-18)19-15-9-4-10-16-19;1-2(3)4/h2-16H,1H3;1H3,(H,3,4)/q+1;. The number of hydrogen-bond donors (Lipinski definition) is 1. The van der Waals surface area contributed by atoms with E-state index in [0.717, 1.165) is 6.92 Å². The lowest BCUT2D eigenvalue weighted by molar-refractivity contribution is -0.134. The van der Waals surface area contributed by atoms with Crippen molar-refractivity contribution in [3.05, 3.63) is 91.0 Å². The molecule has 0 saturated carbocycles. The normalized spacial score (nSPS) is 10.4. The third-order valence-electron chi connectivity index (χ3n) is 3.82.